The lowest BCUT2D eigenvalue weighted by molar-refractivity contribution is 0.0928. The summed E-state index contributed by atoms with van der Waals surface area (Å²) in [6, 6.07) is 0.783. The molecular formula is C11H15N3OS. The fraction of sp³-hybridized carbons (Fsp3) is 0.636. The van der Waals surface area contributed by atoms with Crippen LogP contribution in [-0.4, -0.2) is 29.5 Å². The first-order valence-electron chi connectivity index (χ1n) is 5.69. The fourth-order valence-electron chi connectivity index (χ4n) is 2.70. The van der Waals surface area contributed by atoms with Crippen molar-refractivity contribution in [2.45, 2.75) is 31.8 Å². The molecule has 0 radical (unpaired) electrons. The number of thiazole rings is 1. The summed E-state index contributed by atoms with van der Waals surface area (Å²) >= 11 is 1.46. The van der Waals surface area contributed by atoms with Crippen LogP contribution in [0.5, 0.6) is 0 Å². The highest BCUT2D eigenvalue weighted by Gasteiger charge is 2.40. The van der Waals surface area contributed by atoms with Crippen molar-refractivity contribution < 1.29 is 4.79 Å². The molecule has 4 nitrogen and oxygen atoms in total. The lowest BCUT2D eigenvalue weighted by Crippen LogP contribution is -2.47. The van der Waals surface area contributed by atoms with Gasteiger partial charge in [0.1, 0.15) is 0 Å². The molecule has 3 atom stereocenters. The molecule has 5 heteroatoms. The molecule has 2 aliphatic rings. The Bertz CT molecular complexity index is 417. The number of amides is 1. The number of carbonyl (C=O) groups excluding carboxylic acids is 1. The quantitative estimate of drug-likeness (QED) is 0.804. The lowest BCUT2D eigenvalue weighted by atomic mass is 10.1. The number of piperidine rings is 1. The van der Waals surface area contributed by atoms with Crippen LogP contribution in [0.1, 0.15) is 27.5 Å². The second-order valence-electron chi connectivity index (χ2n) is 4.71. The van der Waals surface area contributed by atoms with Gasteiger partial charge in [-0.15, -0.1) is 11.3 Å². The molecule has 2 bridgehead atoms. The molecule has 1 amide bonds. The predicted octanol–water partition coefficient (Wildman–Crippen LogP) is 0.932. The van der Waals surface area contributed by atoms with Crippen LogP contribution >= 0.6 is 11.3 Å². The largest absolute Gasteiger partial charge is 0.346 e. The van der Waals surface area contributed by atoms with Crippen LogP contribution in [0, 0.1) is 12.8 Å². The highest BCUT2D eigenvalue weighted by molar-refractivity contribution is 7.13. The molecule has 86 valence electrons. The number of nitrogens with zero attached hydrogens (tertiary/aromatic N) is 1. The van der Waals surface area contributed by atoms with Gasteiger partial charge in [-0.3, -0.25) is 4.79 Å². The summed E-state index contributed by atoms with van der Waals surface area (Å²) in [6.45, 7) is 3.08. The number of hydrogen-bond donors (Lipinski definition) is 2. The maximum absolute atomic E-state index is 11.9. The van der Waals surface area contributed by atoms with Gasteiger partial charge < -0.3 is 10.6 Å². The van der Waals surface area contributed by atoms with Crippen molar-refractivity contribution in [2.24, 2.45) is 5.92 Å². The van der Waals surface area contributed by atoms with Gasteiger partial charge in [-0.2, -0.15) is 0 Å². The molecule has 2 N–H and O–H groups in total. The second kappa shape index (κ2) is 3.82. The molecule has 0 spiro atoms. The van der Waals surface area contributed by atoms with E-state index >= 15 is 0 Å². The molecule has 0 aromatic carbocycles. The van der Waals surface area contributed by atoms with Crippen LogP contribution in [0.4, 0.5) is 0 Å². The van der Waals surface area contributed by atoms with E-state index < -0.39 is 0 Å². The van der Waals surface area contributed by atoms with Crippen LogP contribution in [0.15, 0.2) is 6.20 Å². The van der Waals surface area contributed by atoms with E-state index in [1.165, 1.54) is 17.8 Å². The number of aryl methyl sites for hydroxylation is 1. The van der Waals surface area contributed by atoms with Crippen LogP contribution in [0.25, 0.3) is 0 Å². The Balaban J connectivity index is 1.65. The molecule has 2 fully saturated rings. The van der Waals surface area contributed by atoms with Gasteiger partial charge in [0.15, 0.2) is 5.01 Å². The van der Waals surface area contributed by atoms with Crippen LogP contribution < -0.4 is 10.6 Å². The van der Waals surface area contributed by atoms with Crippen molar-refractivity contribution in [1.82, 2.24) is 15.6 Å². The number of fused-ring (bicyclic) bond motifs is 2. The minimum absolute atomic E-state index is 0.0163. The first-order valence-corrected chi connectivity index (χ1v) is 6.50. The average Bonchev–Trinajstić information content (AvgIpc) is 2.92. The third-order valence-electron chi connectivity index (χ3n) is 3.46. The van der Waals surface area contributed by atoms with Crippen molar-refractivity contribution in [2.75, 3.05) is 6.54 Å². The van der Waals surface area contributed by atoms with E-state index in [-0.39, 0.29) is 5.91 Å². The second-order valence-corrected chi connectivity index (χ2v) is 5.94. The molecule has 1 aliphatic carbocycles. The average molecular weight is 237 g/mol. The van der Waals surface area contributed by atoms with E-state index in [4.69, 9.17) is 0 Å². The number of rotatable bonds is 2. The minimum Gasteiger partial charge on any atom is -0.346 e. The Morgan fingerprint density at radius 1 is 1.62 bits per heavy atom. The zero-order valence-electron chi connectivity index (χ0n) is 9.19. The summed E-state index contributed by atoms with van der Waals surface area (Å²) in [5.74, 6) is 0.741. The third-order valence-corrected chi connectivity index (χ3v) is 4.37. The topological polar surface area (TPSA) is 54.0 Å². The first-order chi connectivity index (χ1) is 7.72. The Kier molecular flexibility index (Phi) is 2.44. The maximum Gasteiger partial charge on any atom is 0.280 e. The molecule has 3 rings (SSSR count). The molecule has 2 heterocycles. The summed E-state index contributed by atoms with van der Waals surface area (Å²) in [7, 11) is 0. The van der Waals surface area contributed by atoms with Crippen molar-refractivity contribution in [3.05, 3.63) is 16.1 Å². The Labute approximate surface area is 98.5 Å². The van der Waals surface area contributed by atoms with E-state index in [1.54, 1.807) is 6.20 Å². The normalized spacial score (nSPS) is 31.9. The fourth-order valence-corrected chi connectivity index (χ4v) is 3.37. The lowest BCUT2D eigenvalue weighted by Gasteiger charge is -2.23. The molecule has 1 aromatic rings. The SMILES string of the molecule is Cc1cnc(C(=O)NC2CC3CNC2C3)s1. The van der Waals surface area contributed by atoms with Gasteiger partial charge in [0.25, 0.3) is 5.91 Å². The number of carbonyl (C=O) groups is 1. The van der Waals surface area contributed by atoms with E-state index in [0.717, 1.165) is 23.8 Å². The molecule has 3 unspecified atom stereocenters. The molecule has 1 aromatic heterocycles. The van der Waals surface area contributed by atoms with Crippen molar-refractivity contribution >= 4 is 17.2 Å². The molecule has 16 heavy (non-hydrogen) atoms. The van der Waals surface area contributed by atoms with Gasteiger partial charge in [-0.25, -0.2) is 4.98 Å². The van der Waals surface area contributed by atoms with Crippen LogP contribution in [0.3, 0.4) is 0 Å². The molecule has 1 saturated heterocycles. The van der Waals surface area contributed by atoms with E-state index in [0.29, 0.717) is 17.1 Å². The minimum atomic E-state index is -0.0163. The van der Waals surface area contributed by atoms with E-state index in [9.17, 15) is 4.79 Å². The van der Waals surface area contributed by atoms with Crippen LogP contribution in [-0.2, 0) is 0 Å². The Hall–Kier alpha value is -0.940. The summed E-state index contributed by atoms with van der Waals surface area (Å²) in [4.78, 5) is 17.1. The monoisotopic (exact) mass is 237 g/mol. The highest BCUT2D eigenvalue weighted by Crippen LogP contribution is 2.31. The van der Waals surface area contributed by atoms with Gasteiger partial charge in [0, 0.05) is 23.2 Å². The van der Waals surface area contributed by atoms with Gasteiger partial charge in [-0.05, 0) is 32.2 Å². The first kappa shape index (κ1) is 10.2. The van der Waals surface area contributed by atoms with Crippen molar-refractivity contribution in [3.63, 3.8) is 0 Å². The van der Waals surface area contributed by atoms with E-state index in [2.05, 4.69) is 15.6 Å². The predicted molar refractivity (Wildman–Crippen MR) is 62.6 cm³/mol. The zero-order chi connectivity index (χ0) is 11.1. The van der Waals surface area contributed by atoms with Crippen molar-refractivity contribution in [3.8, 4) is 0 Å². The van der Waals surface area contributed by atoms with Crippen LogP contribution in [0.2, 0.25) is 0 Å². The smallest absolute Gasteiger partial charge is 0.280 e. The number of nitrogens with one attached hydrogen (secondary N) is 2. The summed E-state index contributed by atoms with van der Waals surface area (Å²) in [6.07, 6.45) is 4.08. The summed E-state index contributed by atoms with van der Waals surface area (Å²) in [5.41, 5.74) is 0. The Morgan fingerprint density at radius 2 is 2.50 bits per heavy atom. The van der Waals surface area contributed by atoms with Crippen molar-refractivity contribution in [1.29, 1.82) is 0 Å². The zero-order valence-corrected chi connectivity index (χ0v) is 10.0. The van der Waals surface area contributed by atoms with Gasteiger partial charge in [-0.1, -0.05) is 0 Å². The summed E-state index contributed by atoms with van der Waals surface area (Å²) in [5, 5.41) is 7.11. The van der Waals surface area contributed by atoms with Gasteiger partial charge in [0.05, 0.1) is 0 Å². The highest BCUT2D eigenvalue weighted by atomic mass is 32.1. The Morgan fingerprint density at radius 3 is 3.06 bits per heavy atom. The third kappa shape index (κ3) is 1.74. The summed E-state index contributed by atoms with van der Waals surface area (Å²) < 4.78 is 0. The van der Waals surface area contributed by atoms with E-state index in [1.807, 2.05) is 6.92 Å². The molecule has 1 saturated carbocycles. The van der Waals surface area contributed by atoms with Gasteiger partial charge >= 0.3 is 0 Å². The maximum atomic E-state index is 11.9. The standard InChI is InChI=1S/C11H15N3OS/c1-6-4-13-11(16-6)10(15)14-9-3-7-2-8(9)12-5-7/h4,7-9,12H,2-3,5H2,1H3,(H,14,15). The molecule has 1 aliphatic heterocycles. The molecular weight excluding hydrogens is 222 g/mol. The van der Waals surface area contributed by atoms with Gasteiger partial charge in [0.2, 0.25) is 0 Å². The number of hydrogen-bond acceptors (Lipinski definition) is 4. The number of aromatic nitrogens is 1.